The van der Waals surface area contributed by atoms with Crippen molar-refractivity contribution in [3.05, 3.63) is 29.1 Å². The Kier molecular flexibility index (Phi) is 1.75. The van der Waals surface area contributed by atoms with Crippen LogP contribution in [0.5, 0.6) is 0 Å². The third kappa shape index (κ3) is 1.33. The molecule has 0 aromatic heterocycles. The van der Waals surface area contributed by atoms with Crippen LogP contribution in [0.25, 0.3) is 0 Å². The van der Waals surface area contributed by atoms with Crippen molar-refractivity contribution in [3.63, 3.8) is 0 Å². The maximum atomic E-state index is 10.9. The lowest BCUT2D eigenvalue weighted by atomic mass is 10.1. The average Bonchev–Trinajstić information content (AvgIpc) is 1.78. The van der Waals surface area contributed by atoms with Crippen molar-refractivity contribution in [2.45, 2.75) is 18.8 Å². The maximum absolute atomic E-state index is 10.9. The van der Waals surface area contributed by atoms with Gasteiger partial charge >= 0.3 is 0 Å². The summed E-state index contributed by atoms with van der Waals surface area (Å²) in [6, 6.07) is 0. The lowest BCUT2D eigenvalue weighted by Gasteiger charge is -2.41. The molecule has 0 amide bonds. The molecule has 0 aromatic carbocycles. The monoisotopic (exact) mass is 158 g/mol. The molecule has 0 radical (unpaired) electrons. The van der Waals surface area contributed by atoms with Crippen LogP contribution < -0.4 is 0 Å². The second-order valence-corrected chi connectivity index (χ2v) is 3.32. The second kappa shape index (κ2) is 2.29. The van der Waals surface area contributed by atoms with Gasteiger partial charge in [-0.3, -0.25) is 0 Å². The van der Waals surface area contributed by atoms with E-state index in [0.29, 0.717) is 0 Å². The molecule has 1 rings (SSSR count). The number of allylic oxidation sites excluding steroid dienone is 2. The number of rotatable bonds is 0. The summed E-state index contributed by atoms with van der Waals surface area (Å²) in [5.74, 6) is 0. The number of hydrogen-bond acceptors (Lipinski definition) is 2. The highest BCUT2D eigenvalue weighted by Gasteiger charge is 2.19. The number of alkyl halides is 1. The van der Waals surface area contributed by atoms with E-state index in [4.69, 9.17) is 11.6 Å². The van der Waals surface area contributed by atoms with Gasteiger partial charge in [0, 0.05) is 0 Å². The summed E-state index contributed by atoms with van der Waals surface area (Å²) in [6.45, 7) is 3.57. The molecule has 1 unspecified atom stereocenters. The number of hydrogen-bond donors (Lipinski definition) is 0. The van der Waals surface area contributed by atoms with Gasteiger partial charge in [0.1, 0.15) is 5.00 Å². The summed E-state index contributed by atoms with van der Waals surface area (Å²) in [6.07, 6.45) is 4.89. The van der Waals surface area contributed by atoms with E-state index >= 15 is 0 Å². The molecule has 1 aliphatic heterocycles. The van der Waals surface area contributed by atoms with Gasteiger partial charge in [0.05, 0.1) is 0 Å². The molecule has 56 valence electrons. The van der Waals surface area contributed by atoms with Crippen LogP contribution in [0.1, 0.15) is 13.8 Å². The first-order valence-electron chi connectivity index (χ1n) is 3.05. The first-order valence-corrected chi connectivity index (χ1v) is 3.43. The standard InChI is InChI=1S/C7H9ClNO/c1-6-3-4-9(10)7(2,8)5-6/h3-5H,1-2H3/q-1. The highest BCUT2D eigenvalue weighted by molar-refractivity contribution is 6.24. The van der Waals surface area contributed by atoms with E-state index in [1.807, 2.05) is 6.92 Å². The quantitative estimate of drug-likeness (QED) is 0.399. The normalized spacial score (nSPS) is 32.4. The minimum atomic E-state index is -0.890. The largest absolute Gasteiger partial charge is 0.757 e. The third-order valence-electron chi connectivity index (χ3n) is 1.39. The lowest BCUT2D eigenvalue weighted by molar-refractivity contribution is 0.398. The molecule has 1 aliphatic rings. The molecule has 0 saturated carbocycles. The van der Waals surface area contributed by atoms with Crippen molar-refractivity contribution in [3.8, 4) is 0 Å². The Balaban J connectivity index is 2.88. The molecule has 3 heteroatoms. The van der Waals surface area contributed by atoms with Gasteiger partial charge in [-0.2, -0.15) is 0 Å². The van der Waals surface area contributed by atoms with Crippen LogP contribution in [0.3, 0.4) is 0 Å². The lowest BCUT2D eigenvalue weighted by Crippen LogP contribution is -2.33. The zero-order chi connectivity index (χ0) is 7.78. The van der Waals surface area contributed by atoms with E-state index in [-0.39, 0.29) is 0 Å². The van der Waals surface area contributed by atoms with Gasteiger partial charge < -0.3 is 10.3 Å². The molecule has 0 aromatic rings. The van der Waals surface area contributed by atoms with Gasteiger partial charge in [-0.05, 0) is 32.2 Å². The van der Waals surface area contributed by atoms with Crippen molar-refractivity contribution in [1.29, 1.82) is 0 Å². The van der Waals surface area contributed by atoms with Crippen molar-refractivity contribution in [2.75, 3.05) is 0 Å². The van der Waals surface area contributed by atoms with Crippen molar-refractivity contribution >= 4 is 11.6 Å². The number of hydroxylamine groups is 2. The minimum Gasteiger partial charge on any atom is -0.757 e. The minimum absolute atomic E-state index is 0.724. The molecule has 0 N–H and O–H groups in total. The van der Waals surface area contributed by atoms with Gasteiger partial charge in [0.2, 0.25) is 0 Å². The van der Waals surface area contributed by atoms with Gasteiger partial charge in [-0.1, -0.05) is 17.2 Å². The predicted octanol–water partition coefficient (Wildman–Crippen LogP) is 2.21. The van der Waals surface area contributed by atoms with E-state index in [0.717, 1.165) is 10.6 Å². The SMILES string of the molecule is CC1=CC(C)(Cl)N([O-])C=C1. The first kappa shape index (κ1) is 7.63. The summed E-state index contributed by atoms with van der Waals surface area (Å²) < 4.78 is 0. The fourth-order valence-electron chi connectivity index (χ4n) is 0.858. The molecule has 0 fully saturated rings. The van der Waals surface area contributed by atoms with Gasteiger partial charge in [0.15, 0.2) is 0 Å². The Morgan fingerprint density at radius 1 is 1.70 bits per heavy atom. The van der Waals surface area contributed by atoms with Crippen molar-refractivity contribution in [2.24, 2.45) is 0 Å². The summed E-state index contributed by atoms with van der Waals surface area (Å²) in [5, 5.41) is 11.6. The van der Waals surface area contributed by atoms with E-state index < -0.39 is 5.00 Å². The van der Waals surface area contributed by atoms with Crippen LogP contribution in [-0.4, -0.2) is 10.1 Å². The van der Waals surface area contributed by atoms with Crippen LogP contribution >= 0.6 is 11.6 Å². The molecule has 0 aliphatic carbocycles. The molecular weight excluding hydrogens is 150 g/mol. The number of nitrogens with zero attached hydrogens (tertiary/aromatic N) is 1. The summed E-state index contributed by atoms with van der Waals surface area (Å²) in [5.41, 5.74) is 1.02. The zero-order valence-electron chi connectivity index (χ0n) is 5.97. The van der Waals surface area contributed by atoms with Crippen molar-refractivity contribution < 1.29 is 0 Å². The Bertz CT molecular complexity index is 196. The highest BCUT2D eigenvalue weighted by Crippen LogP contribution is 2.26. The van der Waals surface area contributed by atoms with Gasteiger partial charge in [-0.15, -0.1) is 0 Å². The van der Waals surface area contributed by atoms with Crippen molar-refractivity contribution in [1.82, 2.24) is 5.06 Å². The molecule has 2 nitrogen and oxygen atoms in total. The average molecular weight is 159 g/mol. The van der Waals surface area contributed by atoms with E-state index in [2.05, 4.69) is 0 Å². The molecule has 1 atom stereocenters. The second-order valence-electron chi connectivity index (χ2n) is 2.55. The van der Waals surface area contributed by atoms with Gasteiger partial charge in [-0.25, -0.2) is 0 Å². The van der Waals surface area contributed by atoms with Crippen LogP contribution in [-0.2, 0) is 0 Å². The van der Waals surface area contributed by atoms with E-state index in [1.165, 1.54) is 6.20 Å². The smallest absolute Gasteiger partial charge is 0.121 e. The number of halogens is 1. The molecule has 0 bridgehead atoms. The Labute approximate surface area is 65.4 Å². The maximum Gasteiger partial charge on any atom is 0.121 e. The molecule has 0 saturated heterocycles. The van der Waals surface area contributed by atoms with E-state index in [1.54, 1.807) is 19.1 Å². The van der Waals surface area contributed by atoms with Crippen LogP contribution in [0.15, 0.2) is 23.9 Å². The van der Waals surface area contributed by atoms with Gasteiger partial charge in [0.25, 0.3) is 0 Å². The van der Waals surface area contributed by atoms with E-state index in [9.17, 15) is 5.21 Å². The Morgan fingerprint density at radius 3 is 2.70 bits per heavy atom. The fraction of sp³-hybridized carbons (Fsp3) is 0.429. The Hall–Kier alpha value is -0.470. The first-order chi connectivity index (χ1) is 4.52. The van der Waals surface area contributed by atoms with Crippen LogP contribution in [0.2, 0.25) is 0 Å². The predicted molar refractivity (Wildman–Crippen MR) is 42.4 cm³/mol. The zero-order valence-corrected chi connectivity index (χ0v) is 6.72. The molecular formula is C7H9ClNO-. The third-order valence-corrected chi connectivity index (χ3v) is 1.67. The highest BCUT2D eigenvalue weighted by atomic mass is 35.5. The summed E-state index contributed by atoms with van der Waals surface area (Å²) >= 11 is 5.80. The fourth-order valence-corrected chi connectivity index (χ4v) is 1.09. The molecule has 1 heterocycles. The van der Waals surface area contributed by atoms with Crippen LogP contribution in [0.4, 0.5) is 0 Å². The molecule has 10 heavy (non-hydrogen) atoms. The topological polar surface area (TPSA) is 26.3 Å². The summed E-state index contributed by atoms with van der Waals surface area (Å²) in [4.78, 5) is -0.890. The molecule has 0 spiro atoms. The Morgan fingerprint density at radius 2 is 2.30 bits per heavy atom. The van der Waals surface area contributed by atoms with Crippen LogP contribution in [0, 0.1) is 5.21 Å². The summed E-state index contributed by atoms with van der Waals surface area (Å²) in [7, 11) is 0.